The number of hydrogen-bond donors (Lipinski definition) is 1. The molecule has 1 N–H and O–H groups in total. The van der Waals surface area contributed by atoms with Crippen LogP contribution in [0.25, 0.3) is 0 Å². The number of aromatic nitrogens is 2. The Bertz CT molecular complexity index is 988. The molecule has 0 spiro atoms. The number of nitrogens with zero attached hydrogens (tertiary/aromatic N) is 2. The highest BCUT2D eigenvalue weighted by atomic mass is 79.9. The molecule has 3 aromatic rings. The molecule has 2 aromatic heterocycles. The summed E-state index contributed by atoms with van der Waals surface area (Å²) in [6.45, 7) is 0.268. The summed E-state index contributed by atoms with van der Waals surface area (Å²) in [5, 5.41) is 4.28. The molecule has 10 heteroatoms. The summed E-state index contributed by atoms with van der Waals surface area (Å²) in [5.41, 5.74) is 0.686. The summed E-state index contributed by atoms with van der Waals surface area (Å²) in [7, 11) is -3.76. The molecule has 0 atom stereocenters. The van der Waals surface area contributed by atoms with Gasteiger partial charge in [-0.1, -0.05) is 23.7 Å². The Hall–Kier alpha value is -1.42. The van der Waals surface area contributed by atoms with Crippen molar-refractivity contribution in [2.24, 2.45) is 0 Å². The second-order valence-corrected chi connectivity index (χ2v) is 9.60. The molecule has 3 rings (SSSR count). The van der Waals surface area contributed by atoms with Crippen molar-refractivity contribution in [1.29, 1.82) is 0 Å². The summed E-state index contributed by atoms with van der Waals surface area (Å²) < 4.78 is 42.5. The minimum atomic E-state index is -3.76. The van der Waals surface area contributed by atoms with Gasteiger partial charge in [-0.2, -0.15) is 5.10 Å². The maximum absolute atomic E-state index is 13.2. The molecule has 0 aliphatic rings. The zero-order valence-corrected chi connectivity index (χ0v) is 15.9. The zero-order valence-electron chi connectivity index (χ0n) is 11.9. The van der Waals surface area contributed by atoms with Gasteiger partial charge in [-0.15, -0.1) is 11.3 Å². The van der Waals surface area contributed by atoms with Gasteiger partial charge in [0.25, 0.3) is 10.0 Å². The molecule has 0 amide bonds. The van der Waals surface area contributed by atoms with Crippen molar-refractivity contribution in [2.45, 2.75) is 10.8 Å². The largest absolute Gasteiger partial charge is 0.272 e. The van der Waals surface area contributed by atoms with Crippen LogP contribution in [0, 0.1) is 5.82 Å². The van der Waals surface area contributed by atoms with Crippen molar-refractivity contribution >= 4 is 54.7 Å². The number of sulfonamides is 1. The first kappa shape index (κ1) is 17.4. The first-order valence-electron chi connectivity index (χ1n) is 6.59. The number of hydrogen-bond acceptors (Lipinski definition) is 4. The van der Waals surface area contributed by atoms with Crippen molar-refractivity contribution in [2.75, 3.05) is 4.72 Å². The first-order valence-corrected chi connectivity index (χ1v) is 10.1. The van der Waals surface area contributed by atoms with Gasteiger partial charge in [0, 0.05) is 6.20 Å². The topological polar surface area (TPSA) is 64.0 Å². The Labute approximate surface area is 155 Å². The van der Waals surface area contributed by atoms with Crippen LogP contribution in [0.4, 0.5) is 10.2 Å². The van der Waals surface area contributed by atoms with Gasteiger partial charge in [0.15, 0.2) is 5.82 Å². The third-order valence-corrected chi connectivity index (χ3v) is 6.73. The Kier molecular flexibility index (Phi) is 4.95. The highest BCUT2D eigenvalue weighted by molar-refractivity contribution is 9.11. The number of nitrogens with one attached hydrogen (secondary N) is 1. The van der Waals surface area contributed by atoms with Crippen molar-refractivity contribution in [3.05, 3.63) is 62.8 Å². The van der Waals surface area contributed by atoms with Gasteiger partial charge in [0.2, 0.25) is 0 Å². The Balaban J connectivity index is 1.81. The number of benzene rings is 1. The summed E-state index contributed by atoms with van der Waals surface area (Å²) in [4.78, 5) is 0. The van der Waals surface area contributed by atoms with Crippen LogP contribution in [0.3, 0.4) is 0 Å². The van der Waals surface area contributed by atoms with Crippen molar-refractivity contribution < 1.29 is 12.8 Å². The first-order chi connectivity index (χ1) is 11.3. The van der Waals surface area contributed by atoms with E-state index < -0.39 is 10.0 Å². The minimum absolute atomic E-state index is 0.0255. The average molecular weight is 451 g/mol. The summed E-state index contributed by atoms with van der Waals surface area (Å²) in [6, 6.07) is 9.18. The lowest BCUT2D eigenvalue weighted by atomic mass is 10.2. The van der Waals surface area contributed by atoms with Crippen LogP contribution in [0.2, 0.25) is 5.02 Å². The van der Waals surface area contributed by atoms with Crippen molar-refractivity contribution in [1.82, 2.24) is 9.78 Å². The van der Waals surface area contributed by atoms with Crippen LogP contribution in [-0.4, -0.2) is 18.2 Å². The number of halogens is 3. The molecular formula is C14H10BrClFN3O2S2. The molecule has 1 aromatic carbocycles. The molecule has 0 aliphatic carbocycles. The molecule has 0 bridgehead atoms. The fourth-order valence-electron chi connectivity index (χ4n) is 1.99. The average Bonchev–Trinajstić information content (AvgIpc) is 3.06. The highest BCUT2D eigenvalue weighted by Gasteiger charge is 2.20. The van der Waals surface area contributed by atoms with E-state index in [1.165, 1.54) is 29.1 Å². The molecule has 126 valence electrons. The van der Waals surface area contributed by atoms with Crippen LogP contribution in [0.1, 0.15) is 5.56 Å². The maximum Gasteiger partial charge on any atom is 0.272 e. The maximum atomic E-state index is 13.2. The second kappa shape index (κ2) is 6.83. The van der Waals surface area contributed by atoms with Crippen molar-refractivity contribution in [3.63, 3.8) is 0 Å². The highest BCUT2D eigenvalue weighted by Crippen LogP contribution is 2.29. The van der Waals surface area contributed by atoms with E-state index in [2.05, 4.69) is 25.8 Å². The van der Waals surface area contributed by atoms with E-state index in [1.807, 2.05) is 0 Å². The molecule has 5 nitrogen and oxygen atoms in total. The number of thiophene rings is 1. The fraction of sp³-hybridized carbons (Fsp3) is 0.0714. The van der Waals surface area contributed by atoms with E-state index in [-0.39, 0.29) is 27.4 Å². The van der Waals surface area contributed by atoms with Crippen LogP contribution in [-0.2, 0) is 16.6 Å². The third kappa shape index (κ3) is 3.97. The fourth-order valence-corrected chi connectivity index (χ4v) is 5.27. The van der Waals surface area contributed by atoms with Gasteiger partial charge in [-0.05, 0) is 45.8 Å². The van der Waals surface area contributed by atoms with Gasteiger partial charge in [0.05, 0.1) is 10.3 Å². The van der Waals surface area contributed by atoms with Gasteiger partial charge < -0.3 is 0 Å². The van der Waals surface area contributed by atoms with Crippen LogP contribution >= 0.6 is 38.9 Å². The van der Waals surface area contributed by atoms with Gasteiger partial charge >= 0.3 is 0 Å². The number of rotatable bonds is 5. The molecule has 0 aliphatic heterocycles. The van der Waals surface area contributed by atoms with E-state index in [1.54, 1.807) is 18.2 Å². The zero-order chi connectivity index (χ0) is 17.3. The lowest BCUT2D eigenvalue weighted by Crippen LogP contribution is -2.12. The van der Waals surface area contributed by atoms with E-state index in [4.69, 9.17) is 11.6 Å². The predicted molar refractivity (Wildman–Crippen MR) is 95.6 cm³/mol. The SMILES string of the molecule is O=S(=O)(Nc1nn(Cc2cccc(F)c2)cc1Cl)c1ccc(Br)s1. The lowest BCUT2D eigenvalue weighted by Gasteiger charge is -2.04. The molecule has 0 saturated heterocycles. The van der Waals surface area contributed by atoms with Gasteiger partial charge in [-0.3, -0.25) is 9.40 Å². The molecule has 24 heavy (non-hydrogen) atoms. The Morgan fingerprint density at radius 2 is 2.12 bits per heavy atom. The molecule has 2 heterocycles. The van der Waals surface area contributed by atoms with Crippen LogP contribution in [0.15, 0.2) is 50.6 Å². The summed E-state index contributed by atoms with van der Waals surface area (Å²) >= 11 is 10.4. The Morgan fingerprint density at radius 3 is 2.79 bits per heavy atom. The summed E-state index contributed by atoms with van der Waals surface area (Å²) in [5.74, 6) is -0.326. The number of anilines is 1. The molecular weight excluding hydrogens is 441 g/mol. The normalized spacial score (nSPS) is 11.6. The van der Waals surface area contributed by atoms with E-state index in [9.17, 15) is 12.8 Å². The molecule has 0 fully saturated rings. The van der Waals surface area contributed by atoms with E-state index >= 15 is 0 Å². The van der Waals surface area contributed by atoms with Crippen LogP contribution in [0.5, 0.6) is 0 Å². The second-order valence-electron chi connectivity index (χ2n) is 4.82. The van der Waals surface area contributed by atoms with Crippen molar-refractivity contribution in [3.8, 4) is 0 Å². The van der Waals surface area contributed by atoms with Gasteiger partial charge in [0.1, 0.15) is 15.0 Å². The smallest absolute Gasteiger partial charge is 0.265 e. The monoisotopic (exact) mass is 449 g/mol. The minimum Gasteiger partial charge on any atom is -0.265 e. The summed E-state index contributed by atoms with van der Waals surface area (Å²) in [6.07, 6.45) is 1.48. The van der Waals surface area contributed by atoms with Crippen LogP contribution < -0.4 is 4.72 Å². The molecule has 0 unspecified atom stereocenters. The third-order valence-electron chi connectivity index (χ3n) is 3.00. The lowest BCUT2D eigenvalue weighted by molar-refractivity contribution is 0.602. The Morgan fingerprint density at radius 1 is 1.33 bits per heavy atom. The molecule has 0 radical (unpaired) electrons. The standard InChI is InChI=1S/C14H10BrClFN3O2S2/c15-12-4-5-13(23-12)24(21,22)19-14-11(16)8-20(18-14)7-9-2-1-3-10(17)6-9/h1-6,8H,7H2,(H,18,19). The van der Waals surface area contributed by atoms with Gasteiger partial charge in [-0.25, -0.2) is 12.8 Å². The molecule has 0 saturated carbocycles. The predicted octanol–water partition coefficient (Wildman–Crippen LogP) is 4.35. The van der Waals surface area contributed by atoms with E-state index in [0.29, 0.717) is 9.35 Å². The quantitative estimate of drug-likeness (QED) is 0.628. The van der Waals surface area contributed by atoms with E-state index in [0.717, 1.165) is 11.3 Å².